The molecule has 2 nitrogen and oxygen atoms in total. The fraction of sp³-hybridized carbons (Fsp3) is 0.167. The monoisotopic (exact) mass is 296 g/mol. The fourth-order valence-electron chi connectivity index (χ4n) is 1.52. The SMILES string of the molecule is CCc1ccccc1-c1ncc(Br)c(Cl)n1. The van der Waals surface area contributed by atoms with Crippen LogP contribution in [0.15, 0.2) is 34.9 Å². The Morgan fingerprint density at radius 3 is 2.75 bits per heavy atom. The molecule has 0 atom stereocenters. The van der Waals surface area contributed by atoms with E-state index in [9.17, 15) is 0 Å². The molecule has 0 spiro atoms. The highest BCUT2D eigenvalue weighted by atomic mass is 79.9. The van der Waals surface area contributed by atoms with Crippen molar-refractivity contribution in [2.45, 2.75) is 13.3 Å². The molecule has 0 aliphatic carbocycles. The normalized spacial score (nSPS) is 10.4. The summed E-state index contributed by atoms with van der Waals surface area (Å²) in [5.41, 5.74) is 2.26. The van der Waals surface area contributed by atoms with Crippen molar-refractivity contribution in [3.8, 4) is 11.4 Å². The molecule has 0 N–H and O–H groups in total. The van der Waals surface area contributed by atoms with Crippen molar-refractivity contribution < 1.29 is 0 Å². The van der Waals surface area contributed by atoms with Crippen molar-refractivity contribution in [2.75, 3.05) is 0 Å². The van der Waals surface area contributed by atoms with Gasteiger partial charge in [0.15, 0.2) is 5.82 Å². The molecule has 0 radical (unpaired) electrons. The molecule has 0 aliphatic rings. The quantitative estimate of drug-likeness (QED) is 0.779. The molecule has 2 rings (SSSR count). The number of aryl methyl sites for hydroxylation is 1. The van der Waals surface area contributed by atoms with Gasteiger partial charge in [-0.1, -0.05) is 42.8 Å². The van der Waals surface area contributed by atoms with Crippen LogP contribution in [0.4, 0.5) is 0 Å². The lowest BCUT2D eigenvalue weighted by Crippen LogP contribution is -1.93. The molecule has 0 bridgehead atoms. The fourth-order valence-corrected chi connectivity index (χ4v) is 1.84. The highest BCUT2D eigenvalue weighted by Crippen LogP contribution is 2.25. The first kappa shape index (κ1) is 11.6. The van der Waals surface area contributed by atoms with Gasteiger partial charge in [0.2, 0.25) is 0 Å². The third-order valence-electron chi connectivity index (χ3n) is 2.34. The molecular formula is C12H10BrClN2. The standard InChI is InChI=1S/C12H10BrClN2/c1-2-8-5-3-4-6-9(8)12-15-7-10(13)11(14)16-12/h3-7H,2H2,1H3. The van der Waals surface area contributed by atoms with Crippen LogP contribution in [0.25, 0.3) is 11.4 Å². The maximum Gasteiger partial charge on any atom is 0.161 e. The van der Waals surface area contributed by atoms with Gasteiger partial charge in [0, 0.05) is 11.8 Å². The summed E-state index contributed by atoms with van der Waals surface area (Å²) in [5, 5.41) is 0.441. The van der Waals surface area contributed by atoms with E-state index in [1.807, 2.05) is 18.2 Å². The zero-order chi connectivity index (χ0) is 11.5. The van der Waals surface area contributed by atoms with Crippen molar-refractivity contribution in [3.63, 3.8) is 0 Å². The van der Waals surface area contributed by atoms with Gasteiger partial charge >= 0.3 is 0 Å². The number of aromatic nitrogens is 2. The molecule has 2 aromatic rings. The summed E-state index contributed by atoms with van der Waals surface area (Å²) in [5.74, 6) is 0.672. The van der Waals surface area contributed by atoms with Crippen LogP contribution in [-0.2, 0) is 6.42 Å². The second-order valence-electron chi connectivity index (χ2n) is 3.34. The molecule has 0 amide bonds. The predicted molar refractivity (Wildman–Crippen MR) is 69.6 cm³/mol. The third-order valence-corrected chi connectivity index (χ3v) is 3.44. The average Bonchev–Trinajstić information content (AvgIpc) is 2.32. The minimum absolute atomic E-state index is 0.441. The molecule has 82 valence electrons. The molecule has 0 aliphatic heterocycles. The van der Waals surface area contributed by atoms with E-state index in [1.165, 1.54) is 5.56 Å². The van der Waals surface area contributed by atoms with Gasteiger partial charge in [-0.05, 0) is 27.9 Å². The van der Waals surface area contributed by atoms with Crippen molar-refractivity contribution in [3.05, 3.63) is 45.7 Å². The van der Waals surface area contributed by atoms with E-state index in [1.54, 1.807) is 6.20 Å². The number of nitrogens with zero attached hydrogens (tertiary/aromatic N) is 2. The molecule has 1 aromatic carbocycles. The van der Waals surface area contributed by atoms with Crippen LogP contribution < -0.4 is 0 Å². The second kappa shape index (κ2) is 4.93. The minimum Gasteiger partial charge on any atom is -0.235 e. The van der Waals surface area contributed by atoms with Gasteiger partial charge in [0.25, 0.3) is 0 Å². The molecule has 1 aromatic heterocycles. The lowest BCUT2D eigenvalue weighted by Gasteiger charge is -2.06. The molecule has 4 heteroatoms. The zero-order valence-electron chi connectivity index (χ0n) is 8.74. The lowest BCUT2D eigenvalue weighted by molar-refractivity contribution is 1.10. The van der Waals surface area contributed by atoms with Gasteiger partial charge in [-0.25, -0.2) is 9.97 Å². The maximum absolute atomic E-state index is 5.96. The first-order valence-electron chi connectivity index (χ1n) is 4.98. The summed E-state index contributed by atoms with van der Waals surface area (Å²) < 4.78 is 0.715. The largest absolute Gasteiger partial charge is 0.235 e. The van der Waals surface area contributed by atoms with E-state index in [0.717, 1.165) is 12.0 Å². The highest BCUT2D eigenvalue weighted by molar-refractivity contribution is 9.10. The summed E-state index contributed by atoms with van der Waals surface area (Å²) in [7, 11) is 0. The number of hydrogen-bond acceptors (Lipinski definition) is 2. The average molecular weight is 298 g/mol. The van der Waals surface area contributed by atoms with Gasteiger partial charge in [-0.2, -0.15) is 0 Å². The number of benzene rings is 1. The Hall–Kier alpha value is -0.930. The maximum atomic E-state index is 5.96. The van der Waals surface area contributed by atoms with Crippen molar-refractivity contribution >= 4 is 27.5 Å². The van der Waals surface area contributed by atoms with E-state index < -0.39 is 0 Å². The van der Waals surface area contributed by atoms with Gasteiger partial charge in [0.1, 0.15) is 5.15 Å². The van der Waals surface area contributed by atoms with Crippen LogP contribution >= 0.6 is 27.5 Å². The Bertz CT molecular complexity index is 514. The Morgan fingerprint density at radius 2 is 2.06 bits per heavy atom. The first-order chi connectivity index (χ1) is 7.72. The molecule has 0 unspecified atom stereocenters. The van der Waals surface area contributed by atoms with Crippen LogP contribution in [-0.4, -0.2) is 9.97 Å². The smallest absolute Gasteiger partial charge is 0.161 e. The summed E-state index contributed by atoms with van der Waals surface area (Å²) in [6.45, 7) is 2.11. The number of halogens is 2. The topological polar surface area (TPSA) is 25.8 Å². The number of rotatable bonds is 2. The number of hydrogen-bond donors (Lipinski definition) is 0. The van der Waals surface area contributed by atoms with Gasteiger partial charge in [0.05, 0.1) is 4.47 Å². The summed E-state index contributed by atoms with van der Waals surface area (Å²) in [6, 6.07) is 8.09. The van der Waals surface area contributed by atoms with Crippen molar-refractivity contribution in [2.24, 2.45) is 0 Å². The minimum atomic E-state index is 0.441. The van der Waals surface area contributed by atoms with Gasteiger partial charge < -0.3 is 0 Å². The lowest BCUT2D eigenvalue weighted by atomic mass is 10.1. The van der Waals surface area contributed by atoms with Crippen LogP contribution in [0.2, 0.25) is 5.15 Å². The molecule has 16 heavy (non-hydrogen) atoms. The molecule has 0 saturated carbocycles. The van der Waals surface area contributed by atoms with E-state index in [0.29, 0.717) is 15.5 Å². The second-order valence-corrected chi connectivity index (χ2v) is 4.56. The Balaban J connectivity index is 2.54. The van der Waals surface area contributed by atoms with Crippen LogP contribution in [0.3, 0.4) is 0 Å². The zero-order valence-corrected chi connectivity index (χ0v) is 11.1. The van der Waals surface area contributed by atoms with Gasteiger partial charge in [-0.3, -0.25) is 0 Å². The van der Waals surface area contributed by atoms with Crippen LogP contribution in [0.5, 0.6) is 0 Å². The van der Waals surface area contributed by atoms with E-state index >= 15 is 0 Å². The molecule has 0 fully saturated rings. The molecule has 1 heterocycles. The van der Waals surface area contributed by atoms with Gasteiger partial charge in [-0.15, -0.1) is 0 Å². The summed E-state index contributed by atoms with van der Waals surface area (Å²) in [4.78, 5) is 8.53. The van der Waals surface area contributed by atoms with Crippen molar-refractivity contribution in [1.29, 1.82) is 0 Å². The van der Waals surface area contributed by atoms with Crippen LogP contribution in [0.1, 0.15) is 12.5 Å². The van der Waals surface area contributed by atoms with E-state index in [-0.39, 0.29) is 0 Å². The highest BCUT2D eigenvalue weighted by Gasteiger charge is 2.08. The van der Waals surface area contributed by atoms with Crippen LogP contribution in [0, 0.1) is 0 Å². The van der Waals surface area contributed by atoms with E-state index in [4.69, 9.17) is 11.6 Å². The summed E-state index contributed by atoms with van der Waals surface area (Å²) in [6.07, 6.45) is 2.63. The molecular weight excluding hydrogens is 288 g/mol. The Kier molecular flexibility index (Phi) is 3.56. The Labute approximate surface area is 108 Å². The first-order valence-corrected chi connectivity index (χ1v) is 6.15. The Morgan fingerprint density at radius 1 is 1.31 bits per heavy atom. The van der Waals surface area contributed by atoms with E-state index in [2.05, 4.69) is 38.9 Å². The molecule has 0 saturated heterocycles. The predicted octanol–water partition coefficient (Wildman–Crippen LogP) is 4.12. The third kappa shape index (κ3) is 2.25. The van der Waals surface area contributed by atoms with Crippen molar-refractivity contribution in [1.82, 2.24) is 9.97 Å². The summed E-state index contributed by atoms with van der Waals surface area (Å²) >= 11 is 9.24.